The van der Waals surface area contributed by atoms with Gasteiger partial charge in [0.25, 0.3) is 0 Å². The second-order valence-electron chi connectivity index (χ2n) is 5.18. The van der Waals surface area contributed by atoms with Gasteiger partial charge in [0, 0.05) is 6.54 Å². The van der Waals surface area contributed by atoms with Crippen molar-refractivity contribution in [1.82, 2.24) is 10.7 Å². The molecule has 0 aromatic heterocycles. The molecule has 128 valence electrons. The van der Waals surface area contributed by atoms with E-state index in [-0.39, 0.29) is 6.79 Å². The zero-order valence-electron chi connectivity index (χ0n) is 13.2. The molecule has 0 radical (unpaired) electrons. The lowest BCUT2D eigenvalue weighted by atomic mass is 10.2. The van der Waals surface area contributed by atoms with Gasteiger partial charge in [-0.05, 0) is 41.6 Å². The smallest absolute Gasteiger partial charge is 0.231 e. The van der Waals surface area contributed by atoms with Crippen molar-refractivity contribution in [1.29, 1.82) is 0 Å². The van der Waals surface area contributed by atoms with Crippen LogP contribution in [0.3, 0.4) is 0 Å². The Hall–Kier alpha value is -2.57. The number of hydrazone groups is 1. The van der Waals surface area contributed by atoms with E-state index in [4.69, 9.17) is 33.3 Å². The average Bonchev–Trinajstić information content (AvgIpc) is 3.08. The minimum Gasteiger partial charge on any atom is -0.454 e. The molecular formula is C18H16ClN3O2S. The van der Waals surface area contributed by atoms with Crippen molar-refractivity contribution in [2.45, 2.75) is 6.54 Å². The van der Waals surface area contributed by atoms with Gasteiger partial charge >= 0.3 is 0 Å². The molecule has 2 aromatic carbocycles. The Labute approximate surface area is 156 Å². The van der Waals surface area contributed by atoms with Crippen LogP contribution in [0.1, 0.15) is 11.1 Å². The second-order valence-corrected chi connectivity index (χ2v) is 6.02. The standard InChI is InChI=1S/C18H16ClN3O2S/c19-15(8-13-4-2-1-3-5-13)11-21-22-18(25)20-10-14-6-7-16-17(9-14)24-12-23-16/h1-9,11H,10,12H2,(H2,20,22,25)/b15-8-,21-11-. The van der Waals surface area contributed by atoms with Gasteiger partial charge in [-0.15, -0.1) is 0 Å². The zero-order chi connectivity index (χ0) is 17.5. The van der Waals surface area contributed by atoms with Gasteiger partial charge in [-0.2, -0.15) is 5.10 Å². The van der Waals surface area contributed by atoms with Crippen molar-refractivity contribution in [2.75, 3.05) is 6.79 Å². The van der Waals surface area contributed by atoms with E-state index in [9.17, 15) is 0 Å². The topological polar surface area (TPSA) is 54.9 Å². The van der Waals surface area contributed by atoms with Crippen LogP contribution in [0.15, 0.2) is 58.7 Å². The highest BCUT2D eigenvalue weighted by Crippen LogP contribution is 2.32. The summed E-state index contributed by atoms with van der Waals surface area (Å²) < 4.78 is 10.6. The third-order valence-electron chi connectivity index (χ3n) is 3.35. The first-order valence-corrected chi connectivity index (χ1v) is 8.37. The van der Waals surface area contributed by atoms with Crippen molar-refractivity contribution in [2.24, 2.45) is 5.10 Å². The molecule has 0 saturated carbocycles. The summed E-state index contributed by atoms with van der Waals surface area (Å²) in [5.41, 5.74) is 4.76. The Morgan fingerprint density at radius 1 is 1.16 bits per heavy atom. The van der Waals surface area contributed by atoms with Gasteiger partial charge in [0.05, 0.1) is 11.2 Å². The van der Waals surface area contributed by atoms with Crippen molar-refractivity contribution in [3.63, 3.8) is 0 Å². The van der Waals surface area contributed by atoms with Gasteiger partial charge < -0.3 is 14.8 Å². The number of allylic oxidation sites excluding steroid dienone is 1. The number of ether oxygens (including phenoxy) is 2. The summed E-state index contributed by atoms with van der Waals surface area (Å²) in [6.07, 6.45) is 3.32. The number of hydrogen-bond donors (Lipinski definition) is 2. The number of rotatable bonds is 5. The van der Waals surface area contributed by atoms with E-state index in [0.29, 0.717) is 16.7 Å². The van der Waals surface area contributed by atoms with Gasteiger partial charge in [-0.3, -0.25) is 5.43 Å². The first-order chi connectivity index (χ1) is 12.2. The number of fused-ring (bicyclic) bond motifs is 1. The van der Waals surface area contributed by atoms with Gasteiger partial charge in [0.1, 0.15) is 0 Å². The summed E-state index contributed by atoms with van der Waals surface area (Å²) >= 11 is 11.3. The summed E-state index contributed by atoms with van der Waals surface area (Å²) in [5, 5.41) is 7.97. The van der Waals surface area contributed by atoms with Crippen molar-refractivity contribution < 1.29 is 9.47 Å². The Morgan fingerprint density at radius 3 is 2.80 bits per heavy atom. The monoisotopic (exact) mass is 373 g/mol. The Kier molecular flexibility index (Phi) is 5.87. The van der Waals surface area contributed by atoms with Crippen LogP contribution in [0.2, 0.25) is 0 Å². The molecule has 0 fully saturated rings. The number of hydrogen-bond acceptors (Lipinski definition) is 4. The van der Waals surface area contributed by atoms with Crippen LogP contribution in [0.5, 0.6) is 11.5 Å². The molecule has 0 saturated heterocycles. The molecule has 7 heteroatoms. The maximum atomic E-state index is 6.11. The fourth-order valence-electron chi connectivity index (χ4n) is 2.17. The van der Waals surface area contributed by atoms with E-state index >= 15 is 0 Å². The number of halogens is 1. The molecule has 1 aliphatic heterocycles. The highest BCUT2D eigenvalue weighted by molar-refractivity contribution is 7.80. The molecule has 2 N–H and O–H groups in total. The molecule has 0 unspecified atom stereocenters. The highest BCUT2D eigenvalue weighted by atomic mass is 35.5. The van der Waals surface area contributed by atoms with Gasteiger partial charge in [0.2, 0.25) is 6.79 Å². The predicted octanol–water partition coefficient (Wildman–Crippen LogP) is 3.65. The first-order valence-electron chi connectivity index (χ1n) is 7.58. The molecule has 0 atom stereocenters. The van der Waals surface area contributed by atoms with E-state index in [0.717, 1.165) is 22.6 Å². The van der Waals surface area contributed by atoms with E-state index in [1.54, 1.807) is 0 Å². The largest absolute Gasteiger partial charge is 0.454 e. The predicted molar refractivity (Wildman–Crippen MR) is 104 cm³/mol. The van der Waals surface area contributed by atoms with E-state index in [2.05, 4.69) is 15.8 Å². The Bertz CT molecular complexity index is 809. The van der Waals surface area contributed by atoms with Crippen LogP contribution >= 0.6 is 23.8 Å². The minimum absolute atomic E-state index is 0.262. The maximum Gasteiger partial charge on any atom is 0.231 e. The van der Waals surface area contributed by atoms with Crippen LogP contribution in [-0.2, 0) is 6.54 Å². The molecule has 5 nitrogen and oxygen atoms in total. The molecule has 25 heavy (non-hydrogen) atoms. The fourth-order valence-corrected chi connectivity index (χ4v) is 2.47. The van der Waals surface area contributed by atoms with Crippen molar-refractivity contribution >= 4 is 41.2 Å². The summed E-state index contributed by atoms with van der Waals surface area (Å²) in [4.78, 5) is 0. The summed E-state index contributed by atoms with van der Waals surface area (Å²) in [6.45, 7) is 0.809. The van der Waals surface area contributed by atoms with Gasteiger partial charge in [0.15, 0.2) is 16.6 Å². The normalized spacial score (nSPS) is 13.1. The lowest BCUT2D eigenvalue weighted by Crippen LogP contribution is -2.31. The van der Waals surface area contributed by atoms with E-state index < -0.39 is 0 Å². The number of nitrogens with zero attached hydrogens (tertiary/aromatic N) is 1. The molecule has 0 spiro atoms. The van der Waals surface area contributed by atoms with E-state index in [1.165, 1.54) is 6.21 Å². The lowest BCUT2D eigenvalue weighted by molar-refractivity contribution is 0.174. The lowest BCUT2D eigenvalue weighted by Gasteiger charge is -2.07. The van der Waals surface area contributed by atoms with Crippen LogP contribution in [-0.4, -0.2) is 18.1 Å². The van der Waals surface area contributed by atoms with Crippen molar-refractivity contribution in [3.8, 4) is 11.5 Å². The van der Waals surface area contributed by atoms with Crippen molar-refractivity contribution in [3.05, 3.63) is 64.7 Å². The highest BCUT2D eigenvalue weighted by Gasteiger charge is 2.12. The quantitative estimate of drug-likeness (QED) is 0.476. The first kappa shape index (κ1) is 17.3. The second kappa shape index (κ2) is 8.50. The number of nitrogens with one attached hydrogen (secondary N) is 2. The summed E-state index contributed by atoms with van der Waals surface area (Å²) in [6, 6.07) is 15.5. The SMILES string of the molecule is S=C(NCc1ccc2c(c1)OCO2)N/N=C\C(Cl)=C\c1ccccc1. The zero-order valence-corrected chi connectivity index (χ0v) is 14.8. The molecule has 0 aliphatic carbocycles. The third-order valence-corrected chi connectivity index (χ3v) is 3.79. The fraction of sp³-hybridized carbons (Fsp3) is 0.111. The Morgan fingerprint density at radius 2 is 1.96 bits per heavy atom. The molecule has 1 aliphatic rings. The van der Waals surface area contributed by atoms with Gasteiger partial charge in [-0.1, -0.05) is 48.0 Å². The molecule has 2 aromatic rings. The van der Waals surface area contributed by atoms with Gasteiger partial charge in [-0.25, -0.2) is 0 Å². The molecular weight excluding hydrogens is 358 g/mol. The number of thiocarbonyl (C=S) groups is 1. The summed E-state index contributed by atoms with van der Waals surface area (Å²) in [7, 11) is 0. The molecule has 3 rings (SSSR count). The maximum absolute atomic E-state index is 6.11. The minimum atomic E-state index is 0.262. The average molecular weight is 374 g/mol. The summed E-state index contributed by atoms with van der Waals surface area (Å²) in [5.74, 6) is 1.50. The number of benzene rings is 2. The molecule has 1 heterocycles. The Balaban J connectivity index is 1.45. The van der Waals surface area contributed by atoms with Crippen LogP contribution in [0.4, 0.5) is 0 Å². The van der Waals surface area contributed by atoms with Crippen LogP contribution in [0, 0.1) is 0 Å². The van der Waals surface area contributed by atoms with E-state index in [1.807, 2.05) is 54.6 Å². The molecule has 0 amide bonds. The third kappa shape index (κ3) is 5.20. The van der Waals surface area contributed by atoms with Crippen LogP contribution < -0.4 is 20.2 Å². The molecule has 0 bridgehead atoms. The van der Waals surface area contributed by atoms with Crippen LogP contribution in [0.25, 0.3) is 6.08 Å².